The van der Waals surface area contributed by atoms with Crippen LogP contribution in [0.1, 0.15) is 19.8 Å². The quantitative estimate of drug-likeness (QED) is 0.845. The van der Waals surface area contributed by atoms with Crippen LogP contribution in [-0.4, -0.2) is 49.0 Å². The van der Waals surface area contributed by atoms with E-state index in [4.69, 9.17) is 10.5 Å². The predicted octanol–water partition coefficient (Wildman–Crippen LogP) is 1.76. The summed E-state index contributed by atoms with van der Waals surface area (Å²) in [6, 6.07) is 5.61. The number of nitrogens with two attached hydrogens (primary N) is 1. The first-order chi connectivity index (χ1) is 11.5. The molecule has 3 rings (SSSR count). The number of anilines is 1. The number of amides is 2. The van der Waals surface area contributed by atoms with Crippen molar-refractivity contribution < 1.29 is 14.3 Å². The van der Waals surface area contributed by atoms with Crippen molar-refractivity contribution in [2.45, 2.75) is 25.8 Å². The molecule has 130 valence electrons. The van der Waals surface area contributed by atoms with Gasteiger partial charge in [-0.25, -0.2) is 0 Å². The number of carbonyl (C=O) groups is 2. The molecule has 1 aromatic carbocycles. The van der Waals surface area contributed by atoms with Gasteiger partial charge in [-0.15, -0.1) is 0 Å². The van der Waals surface area contributed by atoms with E-state index in [9.17, 15) is 9.59 Å². The highest BCUT2D eigenvalue weighted by atomic mass is 79.9. The lowest BCUT2D eigenvalue weighted by molar-refractivity contribution is -0.133. The average Bonchev–Trinajstić information content (AvgIpc) is 2.57. The summed E-state index contributed by atoms with van der Waals surface area (Å²) in [4.78, 5) is 28.2. The first-order valence-electron chi connectivity index (χ1n) is 8.22. The summed E-state index contributed by atoms with van der Waals surface area (Å²) in [5.41, 5.74) is 6.59. The molecule has 0 radical (unpaired) electrons. The normalized spacial score (nSPS) is 19.7. The molecule has 0 saturated carbocycles. The Morgan fingerprint density at radius 2 is 2.12 bits per heavy atom. The molecular weight excluding hydrogens is 374 g/mol. The number of rotatable bonds is 3. The summed E-state index contributed by atoms with van der Waals surface area (Å²) in [6.07, 6.45) is 1.84. The zero-order valence-electron chi connectivity index (χ0n) is 13.7. The number of carbonyl (C=O) groups excluding carboxylic acids is 2. The van der Waals surface area contributed by atoms with Crippen molar-refractivity contribution in [3.63, 3.8) is 0 Å². The van der Waals surface area contributed by atoms with E-state index in [1.165, 1.54) is 4.90 Å². The van der Waals surface area contributed by atoms with E-state index in [0.29, 0.717) is 30.4 Å². The molecule has 1 unspecified atom stereocenters. The highest BCUT2D eigenvalue weighted by Gasteiger charge is 2.31. The molecule has 6 nitrogen and oxygen atoms in total. The van der Waals surface area contributed by atoms with Gasteiger partial charge in [0, 0.05) is 23.6 Å². The molecule has 0 spiro atoms. The molecular formula is C17H22BrN3O3. The van der Waals surface area contributed by atoms with Gasteiger partial charge in [-0.2, -0.15) is 0 Å². The number of hydrogen-bond acceptors (Lipinski definition) is 4. The van der Waals surface area contributed by atoms with Gasteiger partial charge in [0.25, 0.3) is 5.91 Å². The number of ether oxygens (including phenoxy) is 1. The van der Waals surface area contributed by atoms with Crippen molar-refractivity contribution in [2.75, 3.05) is 31.1 Å². The Morgan fingerprint density at radius 1 is 1.42 bits per heavy atom. The third-order valence-corrected chi connectivity index (χ3v) is 5.29. The molecule has 2 N–H and O–H groups in total. The molecule has 1 saturated heterocycles. The van der Waals surface area contributed by atoms with Crippen molar-refractivity contribution in [3.8, 4) is 5.75 Å². The molecule has 7 heteroatoms. The zero-order chi connectivity index (χ0) is 17.3. The molecule has 24 heavy (non-hydrogen) atoms. The summed E-state index contributed by atoms with van der Waals surface area (Å²) in [5, 5.41) is 0. The minimum absolute atomic E-state index is 0.0257. The van der Waals surface area contributed by atoms with Gasteiger partial charge in [0.1, 0.15) is 12.3 Å². The average molecular weight is 396 g/mol. The summed E-state index contributed by atoms with van der Waals surface area (Å²) in [6.45, 7) is 3.44. The van der Waals surface area contributed by atoms with Gasteiger partial charge >= 0.3 is 0 Å². The van der Waals surface area contributed by atoms with E-state index in [1.54, 1.807) is 6.07 Å². The molecule has 0 bridgehead atoms. The van der Waals surface area contributed by atoms with Gasteiger partial charge in [-0.05, 0) is 43.9 Å². The Hall–Kier alpha value is -1.60. The van der Waals surface area contributed by atoms with E-state index >= 15 is 0 Å². The van der Waals surface area contributed by atoms with Crippen molar-refractivity contribution in [1.29, 1.82) is 0 Å². The number of hydrogen-bond donors (Lipinski definition) is 1. The number of piperidine rings is 1. The van der Waals surface area contributed by atoms with Crippen LogP contribution in [0.5, 0.6) is 5.75 Å². The topological polar surface area (TPSA) is 75.9 Å². The maximum atomic E-state index is 12.6. The molecule has 1 atom stereocenters. The second kappa shape index (κ2) is 7.11. The van der Waals surface area contributed by atoms with Crippen LogP contribution in [0.2, 0.25) is 0 Å². The van der Waals surface area contributed by atoms with Crippen LogP contribution in [0.25, 0.3) is 0 Å². The van der Waals surface area contributed by atoms with Crippen LogP contribution < -0.4 is 15.4 Å². The Balaban J connectivity index is 1.68. The van der Waals surface area contributed by atoms with Crippen LogP contribution in [0.3, 0.4) is 0 Å². The molecule has 1 fully saturated rings. The van der Waals surface area contributed by atoms with Gasteiger partial charge in [-0.1, -0.05) is 15.9 Å². The third-order valence-electron chi connectivity index (χ3n) is 4.79. The van der Waals surface area contributed by atoms with Crippen LogP contribution in [0.4, 0.5) is 5.69 Å². The monoisotopic (exact) mass is 395 g/mol. The SMILES string of the molecule is CC(N)C1CCN(C(=O)CN2C(=O)COc3cc(Br)ccc32)CC1. The zero-order valence-corrected chi connectivity index (χ0v) is 15.3. The van der Waals surface area contributed by atoms with Crippen molar-refractivity contribution in [3.05, 3.63) is 22.7 Å². The first-order valence-corrected chi connectivity index (χ1v) is 9.01. The fourth-order valence-electron chi connectivity index (χ4n) is 3.26. The molecule has 2 aliphatic rings. The standard InChI is InChI=1S/C17H22BrN3O3/c1-11(19)12-4-6-20(7-5-12)16(22)9-21-14-3-2-13(18)8-15(14)24-10-17(21)23/h2-3,8,11-12H,4-7,9-10,19H2,1H3. The maximum Gasteiger partial charge on any atom is 0.265 e. The highest BCUT2D eigenvalue weighted by molar-refractivity contribution is 9.10. The van der Waals surface area contributed by atoms with Gasteiger partial charge in [0.2, 0.25) is 5.91 Å². The Kier molecular flexibility index (Phi) is 5.10. The minimum atomic E-state index is -0.191. The van der Waals surface area contributed by atoms with E-state index in [0.717, 1.165) is 17.3 Å². The van der Waals surface area contributed by atoms with Crippen molar-refractivity contribution in [2.24, 2.45) is 11.7 Å². The second-order valence-electron chi connectivity index (χ2n) is 6.46. The largest absolute Gasteiger partial charge is 0.482 e. The molecule has 2 heterocycles. The summed E-state index contributed by atoms with van der Waals surface area (Å²) >= 11 is 3.39. The van der Waals surface area contributed by atoms with Crippen LogP contribution >= 0.6 is 15.9 Å². The number of halogens is 1. The fourth-order valence-corrected chi connectivity index (χ4v) is 3.60. The number of nitrogens with zero attached hydrogens (tertiary/aromatic N) is 2. The van der Waals surface area contributed by atoms with E-state index in [-0.39, 0.29) is 31.0 Å². The Morgan fingerprint density at radius 3 is 2.79 bits per heavy atom. The Bertz CT molecular complexity index is 642. The molecule has 1 aromatic rings. The smallest absolute Gasteiger partial charge is 0.265 e. The lowest BCUT2D eigenvalue weighted by atomic mass is 9.91. The second-order valence-corrected chi connectivity index (χ2v) is 7.37. The molecule has 0 aromatic heterocycles. The lowest BCUT2D eigenvalue weighted by Gasteiger charge is -2.36. The number of benzene rings is 1. The van der Waals surface area contributed by atoms with E-state index in [1.807, 2.05) is 24.0 Å². The molecule has 2 amide bonds. The fraction of sp³-hybridized carbons (Fsp3) is 0.529. The van der Waals surface area contributed by atoms with Gasteiger partial charge in [-0.3, -0.25) is 14.5 Å². The van der Waals surface area contributed by atoms with Crippen LogP contribution in [-0.2, 0) is 9.59 Å². The minimum Gasteiger partial charge on any atom is -0.482 e. The molecule has 2 aliphatic heterocycles. The third kappa shape index (κ3) is 3.57. The Labute approximate surface area is 150 Å². The first kappa shape index (κ1) is 17.2. The summed E-state index contributed by atoms with van der Waals surface area (Å²) in [7, 11) is 0. The van der Waals surface area contributed by atoms with Gasteiger partial charge in [0.15, 0.2) is 6.61 Å². The predicted molar refractivity (Wildman–Crippen MR) is 94.9 cm³/mol. The van der Waals surface area contributed by atoms with Gasteiger partial charge < -0.3 is 15.4 Å². The number of fused-ring (bicyclic) bond motifs is 1. The van der Waals surface area contributed by atoms with Gasteiger partial charge in [0.05, 0.1) is 5.69 Å². The summed E-state index contributed by atoms with van der Waals surface area (Å²) in [5.74, 6) is 0.871. The number of likely N-dealkylation sites (tertiary alicyclic amines) is 1. The van der Waals surface area contributed by atoms with Crippen LogP contribution in [0, 0.1) is 5.92 Å². The lowest BCUT2D eigenvalue weighted by Crippen LogP contribution is -2.49. The van der Waals surface area contributed by atoms with Crippen LogP contribution in [0.15, 0.2) is 22.7 Å². The van der Waals surface area contributed by atoms with E-state index in [2.05, 4.69) is 15.9 Å². The summed E-state index contributed by atoms with van der Waals surface area (Å²) < 4.78 is 6.33. The maximum absolute atomic E-state index is 12.6. The van der Waals surface area contributed by atoms with E-state index < -0.39 is 0 Å². The van der Waals surface area contributed by atoms with Crippen molar-refractivity contribution in [1.82, 2.24) is 4.90 Å². The van der Waals surface area contributed by atoms with Crippen molar-refractivity contribution >= 4 is 33.4 Å². The highest BCUT2D eigenvalue weighted by Crippen LogP contribution is 2.34. The molecule has 0 aliphatic carbocycles.